The first-order valence-electron chi connectivity index (χ1n) is 8.12. The highest BCUT2D eigenvalue weighted by Crippen LogP contribution is 2.11. The minimum Gasteiger partial charge on any atom is -0.361 e. The molecule has 0 atom stereocenters. The number of benzene rings is 1. The molecule has 0 aliphatic rings. The topological polar surface area (TPSA) is 80.3 Å². The Balaban J connectivity index is 1.56. The van der Waals surface area contributed by atoms with E-state index in [2.05, 4.69) is 25.9 Å². The lowest BCUT2D eigenvalue weighted by molar-refractivity contribution is 0.392. The van der Waals surface area contributed by atoms with Crippen LogP contribution in [0.3, 0.4) is 0 Å². The Hall–Kier alpha value is -3.09. The molecule has 0 bridgehead atoms. The Morgan fingerprint density at radius 3 is 2.60 bits per heavy atom. The van der Waals surface area contributed by atoms with Crippen LogP contribution in [0, 0.1) is 13.8 Å². The summed E-state index contributed by atoms with van der Waals surface area (Å²) in [6.07, 6.45) is 3.85. The maximum absolute atomic E-state index is 5.17. The van der Waals surface area contributed by atoms with Gasteiger partial charge in [0.1, 0.15) is 5.76 Å². The van der Waals surface area contributed by atoms with Gasteiger partial charge in [0.15, 0.2) is 5.96 Å². The summed E-state index contributed by atoms with van der Waals surface area (Å²) in [6, 6.07) is 10.0. The molecule has 0 radical (unpaired) electrons. The predicted octanol–water partition coefficient (Wildman–Crippen LogP) is 2.34. The molecule has 0 spiro atoms. The Morgan fingerprint density at radius 1 is 1.16 bits per heavy atom. The number of hydrogen-bond acceptors (Lipinski definition) is 4. The van der Waals surface area contributed by atoms with Crippen molar-refractivity contribution in [1.82, 2.24) is 25.6 Å². The number of nitrogens with one attached hydrogen (secondary N) is 2. The number of nitrogens with zero attached hydrogens (tertiary/aromatic N) is 4. The van der Waals surface area contributed by atoms with Gasteiger partial charge in [0.25, 0.3) is 0 Å². The van der Waals surface area contributed by atoms with Gasteiger partial charge >= 0.3 is 0 Å². The van der Waals surface area contributed by atoms with Crippen molar-refractivity contribution in [3.63, 3.8) is 0 Å². The second kappa shape index (κ2) is 7.65. The first-order chi connectivity index (χ1) is 12.2. The van der Waals surface area contributed by atoms with Crippen LogP contribution in [0.15, 0.2) is 52.2 Å². The molecule has 2 N–H and O–H groups in total. The maximum atomic E-state index is 5.17. The second-order valence-electron chi connectivity index (χ2n) is 5.71. The molecular formula is C18H22N6O. The summed E-state index contributed by atoms with van der Waals surface area (Å²) >= 11 is 0. The molecule has 0 fully saturated rings. The average molecular weight is 338 g/mol. The second-order valence-corrected chi connectivity index (χ2v) is 5.71. The van der Waals surface area contributed by atoms with Gasteiger partial charge in [-0.25, -0.2) is 4.68 Å². The standard InChI is InChI=1S/C18H22N6O/c1-13-17(14(2)25-23-13)11-21-18(19-3)20-9-15-10-22-24(12-15)16-7-5-4-6-8-16/h4-8,10,12H,9,11H2,1-3H3,(H2,19,20,21). The lowest BCUT2D eigenvalue weighted by Crippen LogP contribution is -2.36. The van der Waals surface area contributed by atoms with E-state index in [1.165, 1.54) is 0 Å². The van der Waals surface area contributed by atoms with Crippen molar-refractivity contribution >= 4 is 5.96 Å². The van der Waals surface area contributed by atoms with Crippen LogP contribution in [-0.2, 0) is 13.1 Å². The van der Waals surface area contributed by atoms with Crippen LogP contribution >= 0.6 is 0 Å². The number of guanidine groups is 1. The molecule has 7 heteroatoms. The Morgan fingerprint density at radius 2 is 1.92 bits per heavy atom. The van der Waals surface area contributed by atoms with E-state index in [1.807, 2.05) is 61.3 Å². The number of para-hydroxylation sites is 1. The third-order valence-corrected chi connectivity index (χ3v) is 3.95. The van der Waals surface area contributed by atoms with Crippen molar-refractivity contribution in [2.24, 2.45) is 4.99 Å². The summed E-state index contributed by atoms with van der Waals surface area (Å²) in [5, 5.41) is 14.9. The van der Waals surface area contributed by atoms with Gasteiger partial charge < -0.3 is 15.2 Å². The normalized spacial score (nSPS) is 11.6. The molecular weight excluding hydrogens is 316 g/mol. The van der Waals surface area contributed by atoms with Gasteiger partial charge in [-0.3, -0.25) is 4.99 Å². The summed E-state index contributed by atoms with van der Waals surface area (Å²) in [5.41, 5.74) is 4.06. The molecule has 25 heavy (non-hydrogen) atoms. The largest absolute Gasteiger partial charge is 0.361 e. The SMILES string of the molecule is CN=C(NCc1cnn(-c2ccccc2)c1)NCc1c(C)noc1C. The fraction of sp³-hybridized carbons (Fsp3) is 0.278. The summed E-state index contributed by atoms with van der Waals surface area (Å²) in [5.74, 6) is 1.54. The number of rotatable bonds is 5. The minimum absolute atomic E-state index is 0.615. The lowest BCUT2D eigenvalue weighted by Gasteiger charge is -2.10. The molecule has 0 amide bonds. The van der Waals surface area contributed by atoms with Crippen LogP contribution in [-0.4, -0.2) is 27.9 Å². The van der Waals surface area contributed by atoms with Gasteiger partial charge in [-0.05, 0) is 26.0 Å². The van der Waals surface area contributed by atoms with Gasteiger partial charge in [0.2, 0.25) is 0 Å². The van der Waals surface area contributed by atoms with Gasteiger partial charge in [0.05, 0.1) is 17.6 Å². The highest BCUT2D eigenvalue weighted by atomic mass is 16.5. The Kier molecular flexibility index (Phi) is 5.13. The number of aromatic nitrogens is 3. The highest BCUT2D eigenvalue weighted by Gasteiger charge is 2.09. The number of aliphatic imine (C=N–C) groups is 1. The molecule has 7 nitrogen and oxygen atoms in total. The minimum atomic E-state index is 0.615. The van der Waals surface area contributed by atoms with Crippen molar-refractivity contribution in [3.05, 3.63) is 65.3 Å². The molecule has 0 unspecified atom stereocenters. The molecule has 3 rings (SSSR count). The monoisotopic (exact) mass is 338 g/mol. The van der Waals surface area contributed by atoms with E-state index < -0.39 is 0 Å². The first kappa shape index (κ1) is 16.8. The zero-order valence-electron chi connectivity index (χ0n) is 14.7. The van der Waals surface area contributed by atoms with E-state index in [1.54, 1.807) is 7.05 Å². The van der Waals surface area contributed by atoms with E-state index in [9.17, 15) is 0 Å². The number of hydrogen-bond donors (Lipinski definition) is 2. The zero-order chi connectivity index (χ0) is 17.6. The van der Waals surface area contributed by atoms with Crippen LogP contribution < -0.4 is 10.6 Å². The van der Waals surface area contributed by atoms with Crippen molar-refractivity contribution in [1.29, 1.82) is 0 Å². The molecule has 2 heterocycles. The molecule has 2 aromatic heterocycles. The fourth-order valence-electron chi connectivity index (χ4n) is 2.51. The Bertz CT molecular complexity index is 830. The summed E-state index contributed by atoms with van der Waals surface area (Å²) in [6.45, 7) is 5.09. The molecule has 0 saturated heterocycles. The van der Waals surface area contributed by atoms with Gasteiger partial charge in [-0.1, -0.05) is 23.4 Å². The van der Waals surface area contributed by atoms with E-state index in [4.69, 9.17) is 4.52 Å². The van der Waals surface area contributed by atoms with Crippen LogP contribution in [0.25, 0.3) is 5.69 Å². The molecule has 1 aromatic carbocycles. The summed E-state index contributed by atoms with van der Waals surface area (Å²) in [4.78, 5) is 4.24. The van der Waals surface area contributed by atoms with Crippen LogP contribution in [0.2, 0.25) is 0 Å². The Labute approximate surface area is 146 Å². The molecule has 130 valence electrons. The van der Waals surface area contributed by atoms with Crippen LogP contribution in [0.1, 0.15) is 22.6 Å². The molecule has 0 aliphatic heterocycles. The van der Waals surface area contributed by atoms with Crippen LogP contribution in [0.4, 0.5) is 0 Å². The summed E-state index contributed by atoms with van der Waals surface area (Å²) < 4.78 is 7.03. The predicted molar refractivity (Wildman–Crippen MR) is 96.6 cm³/mol. The lowest BCUT2D eigenvalue weighted by atomic mass is 10.2. The molecule has 0 saturated carbocycles. The smallest absolute Gasteiger partial charge is 0.191 e. The third kappa shape index (κ3) is 4.06. The molecule has 3 aromatic rings. The maximum Gasteiger partial charge on any atom is 0.191 e. The van der Waals surface area contributed by atoms with Crippen molar-refractivity contribution in [2.75, 3.05) is 7.05 Å². The van der Waals surface area contributed by atoms with Crippen LogP contribution in [0.5, 0.6) is 0 Å². The van der Waals surface area contributed by atoms with Crippen molar-refractivity contribution < 1.29 is 4.52 Å². The van der Waals surface area contributed by atoms with E-state index in [0.29, 0.717) is 19.0 Å². The third-order valence-electron chi connectivity index (χ3n) is 3.95. The molecule has 0 aliphatic carbocycles. The van der Waals surface area contributed by atoms with Gasteiger partial charge in [-0.15, -0.1) is 0 Å². The fourth-order valence-corrected chi connectivity index (χ4v) is 2.51. The summed E-state index contributed by atoms with van der Waals surface area (Å²) in [7, 11) is 1.75. The van der Waals surface area contributed by atoms with Crippen molar-refractivity contribution in [2.45, 2.75) is 26.9 Å². The van der Waals surface area contributed by atoms with Crippen molar-refractivity contribution in [3.8, 4) is 5.69 Å². The highest BCUT2D eigenvalue weighted by molar-refractivity contribution is 5.79. The van der Waals surface area contributed by atoms with E-state index >= 15 is 0 Å². The van der Waals surface area contributed by atoms with E-state index in [0.717, 1.165) is 28.3 Å². The van der Waals surface area contributed by atoms with E-state index in [-0.39, 0.29) is 0 Å². The first-order valence-corrected chi connectivity index (χ1v) is 8.12. The number of aryl methyl sites for hydroxylation is 2. The van der Waals surface area contributed by atoms with Gasteiger partial charge in [0, 0.05) is 37.5 Å². The quantitative estimate of drug-likeness (QED) is 0.551. The zero-order valence-corrected chi connectivity index (χ0v) is 14.7. The average Bonchev–Trinajstić information content (AvgIpc) is 3.24. The van der Waals surface area contributed by atoms with Gasteiger partial charge in [-0.2, -0.15) is 5.10 Å².